The Kier molecular flexibility index (Phi) is 5.35. The monoisotopic (exact) mass is 308 g/mol. The van der Waals surface area contributed by atoms with Crippen LogP contribution in [0.4, 0.5) is 5.69 Å². The lowest BCUT2D eigenvalue weighted by atomic mass is 9.90. The number of piperidine rings is 1. The van der Waals surface area contributed by atoms with Gasteiger partial charge in [0.25, 0.3) is 0 Å². The largest absolute Gasteiger partial charge is 0.372 e. The summed E-state index contributed by atoms with van der Waals surface area (Å²) in [6.45, 7) is 3.38. The number of hydrogen-bond donors (Lipinski definition) is 0. The number of nitrogens with zero attached hydrogens (tertiary/aromatic N) is 2. The second-order valence-electron chi connectivity index (χ2n) is 7.02. The van der Waals surface area contributed by atoms with Crippen LogP contribution < -0.4 is 4.90 Å². The molecule has 0 bridgehead atoms. The van der Waals surface area contributed by atoms with Crippen LogP contribution >= 0.6 is 0 Å². The van der Waals surface area contributed by atoms with Gasteiger partial charge in [-0.15, -0.1) is 0 Å². The lowest BCUT2D eigenvalue weighted by molar-refractivity contribution is 0.401. The number of hydrogen-bond acceptors (Lipinski definition) is 2. The number of rotatable bonds is 5. The second kappa shape index (κ2) is 7.65. The van der Waals surface area contributed by atoms with E-state index in [1.54, 1.807) is 0 Å². The highest BCUT2D eigenvalue weighted by atomic mass is 15.1. The maximum absolute atomic E-state index is 2.54. The van der Waals surface area contributed by atoms with Crippen LogP contribution in [0.2, 0.25) is 0 Å². The van der Waals surface area contributed by atoms with E-state index in [-0.39, 0.29) is 0 Å². The molecule has 0 spiro atoms. The summed E-state index contributed by atoms with van der Waals surface area (Å²) in [5, 5.41) is 0. The molecule has 23 heavy (non-hydrogen) atoms. The molecule has 0 radical (unpaired) electrons. The normalized spacial score (nSPS) is 16.0. The first-order valence-corrected chi connectivity index (χ1v) is 8.73. The molecule has 0 aromatic heterocycles. The summed E-state index contributed by atoms with van der Waals surface area (Å²) in [6, 6.07) is 20.0. The third-order valence-corrected chi connectivity index (χ3v) is 4.78. The minimum absolute atomic E-state index is 0.835. The molecule has 2 aromatic carbocycles. The van der Waals surface area contributed by atoms with Crippen molar-refractivity contribution in [1.82, 2.24) is 4.90 Å². The van der Waals surface area contributed by atoms with E-state index in [0.29, 0.717) is 0 Å². The fraction of sp³-hybridized carbons (Fsp3) is 0.429. The lowest BCUT2D eigenvalue weighted by Crippen LogP contribution is -2.34. The molecule has 0 amide bonds. The average Bonchev–Trinajstić information content (AvgIpc) is 2.57. The van der Waals surface area contributed by atoms with Crippen molar-refractivity contribution < 1.29 is 0 Å². The minimum atomic E-state index is 0.835. The molecular formula is C21H28N2. The molecule has 1 heterocycles. The summed E-state index contributed by atoms with van der Waals surface area (Å²) in [5.41, 5.74) is 4.25. The zero-order valence-corrected chi connectivity index (χ0v) is 14.4. The smallest absolute Gasteiger partial charge is 0.0366 e. The van der Waals surface area contributed by atoms with E-state index < -0.39 is 0 Å². The second-order valence-corrected chi connectivity index (χ2v) is 7.02. The molecule has 1 aliphatic rings. The molecule has 122 valence electrons. The van der Waals surface area contributed by atoms with E-state index >= 15 is 0 Å². The summed E-state index contributed by atoms with van der Waals surface area (Å²) in [4.78, 5) is 4.75. The topological polar surface area (TPSA) is 6.48 Å². The first-order valence-electron chi connectivity index (χ1n) is 8.73. The van der Waals surface area contributed by atoms with Crippen molar-refractivity contribution in [2.24, 2.45) is 5.92 Å². The molecule has 1 saturated heterocycles. The predicted molar refractivity (Wildman–Crippen MR) is 98.9 cm³/mol. The Hall–Kier alpha value is -1.80. The third kappa shape index (κ3) is 4.59. The molecular weight excluding hydrogens is 280 g/mol. The Balaban J connectivity index is 1.52. The molecule has 0 N–H and O–H groups in total. The van der Waals surface area contributed by atoms with Gasteiger partial charge in [-0.2, -0.15) is 0 Å². The zero-order valence-electron chi connectivity index (χ0n) is 14.4. The van der Waals surface area contributed by atoms with E-state index in [2.05, 4.69) is 78.5 Å². The van der Waals surface area contributed by atoms with Gasteiger partial charge >= 0.3 is 0 Å². The summed E-state index contributed by atoms with van der Waals surface area (Å²) in [7, 11) is 4.23. The summed E-state index contributed by atoms with van der Waals surface area (Å²) in [6.07, 6.45) is 3.83. The van der Waals surface area contributed by atoms with Gasteiger partial charge in [0.15, 0.2) is 0 Å². The van der Waals surface area contributed by atoms with E-state index in [9.17, 15) is 0 Å². The third-order valence-electron chi connectivity index (χ3n) is 4.78. The first-order chi connectivity index (χ1) is 11.2. The van der Waals surface area contributed by atoms with Crippen molar-refractivity contribution in [3.05, 3.63) is 65.7 Å². The van der Waals surface area contributed by atoms with Gasteiger partial charge in [0.1, 0.15) is 0 Å². The van der Waals surface area contributed by atoms with Crippen LogP contribution in [0.3, 0.4) is 0 Å². The van der Waals surface area contributed by atoms with Crippen molar-refractivity contribution >= 4 is 5.69 Å². The van der Waals surface area contributed by atoms with Crippen molar-refractivity contribution in [2.75, 3.05) is 32.1 Å². The summed E-state index contributed by atoms with van der Waals surface area (Å²) < 4.78 is 0. The Bertz CT molecular complexity index is 581. The van der Waals surface area contributed by atoms with Crippen molar-refractivity contribution in [1.29, 1.82) is 0 Å². The molecule has 2 heteroatoms. The standard InChI is InChI=1S/C21H28N2/c1-22(2)17-20-8-10-21(11-9-20)23-14-12-19(13-15-23)16-18-6-4-3-5-7-18/h3-11,19H,12-17H2,1-2H3. The molecule has 2 aromatic rings. The highest BCUT2D eigenvalue weighted by Gasteiger charge is 2.19. The van der Waals surface area contributed by atoms with Crippen LogP contribution in [0.25, 0.3) is 0 Å². The van der Waals surface area contributed by atoms with Gasteiger partial charge in [0.2, 0.25) is 0 Å². The van der Waals surface area contributed by atoms with E-state index in [4.69, 9.17) is 0 Å². The van der Waals surface area contributed by atoms with E-state index in [1.807, 2.05) is 0 Å². The van der Waals surface area contributed by atoms with Crippen molar-refractivity contribution in [3.63, 3.8) is 0 Å². The highest BCUT2D eigenvalue weighted by molar-refractivity contribution is 5.48. The van der Waals surface area contributed by atoms with Crippen LogP contribution in [0.5, 0.6) is 0 Å². The molecule has 2 nitrogen and oxygen atoms in total. The van der Waals surface area contributed by atoms with E-state index in [0.717, 1.165) is 12.5 Å². The van der Waals surface area contributed by atoms with E-state index in [1.165, 1.54) is 49.2 Å². The molecule has 0 aliphatic carbocycles. The fourth-order valence-corrected chi connectivity index (χ4v) is 3.52. The molecule has 0 atom stereocenters. The number of benzene rings is 2. The Morgan fingerprint density at radius 3 is 2.13 bits per heavy atom. The van der Waals surface area contributed by atoms with Gasteiger partial charge in [0.05, 0.1) is 0 Å². The van der Waals surface area contributed by atoms with Crippen molar-refractivity contribution in [3.8, 4) is 0 Å². The van der Waals surface area contributed by atoms with Gasteiger partial charge in [-0.1, -0.05) is 42.5 Å². The van der Waals surface area contributed by atoms with Crippen LogP contribution in [-0.2, 0) is 13.0 Å². The van der Waals surface area contributed by atoms with Gasteiger partial charge in [-0.3, -0.25) is 0 Å². The van der Waals surface area contributed by atoms with Crippen LogP contribution in [-0.4, -0.2) is 32.1 Å². The van der Waals surface area contributed by atoms with Crippen molar-refractivity contribution in [2.45, 2.75) is 25.8 Å². The fourth-order valence-electron chi connectivity index (χ4n) is 3.52. The quantitative estimate of drug-likeness (QED) is 0.816. The maximum atomic E-state index is 2.54. The summed E-state index contributed by atoms with van der Waals surface area (Å²) in [5.74, 6) is 0.835. The van der Waals surface area contributed by atoms with Crippen LogP contribution in [0.1, 0.15) is 24.0 Å². The number of anilines is 1. The van der Waals surface area contributed by atoms with Crippen LogP contribution in [0, 0.1) is 5.92 Å². The summed E-state index contributed by atoms with van der Waals surface area (Å²) >= 11 is 0. The van der Waals surface area contributed by atoms with Gasteiger partial charge in [0, 0.05) is 25.3 Å². The molecule has 0 saturated carbocycles. The average molecular weight is 308 g/mol. The van der Waals surface area contributed by atoms with Gasteiger partial charge in [-0.05, 0) is 62.5 Å². The van der Waals surface area contributed by atoms with Gasteiger partial charge < -0.3 is 9.80 Å². The molecule has 1 aliphatic heterocycles. The first kappa shape index (κ1) is 16.1. The highest BCUT2D eigenvalue weighted by Crippen LogP contribution is 2.26. The van der Waals surface area contributed by atoms with Crippen LogP contribution in [0.15, 0.2) is 54.6 Å². The molecule has 0 unspecified atom stereocenters. The lowest BCUT2D eigenvalue weighted by Gasteiger charge is -2.34. The molecule has 3 rings (SSSR count). The zero-order chi connectivity index (χ0) is 16.1. The Labute approximate surface area is 140 Å². The Morgan fingerprint density at radius 2 is 1.52 bits per heavy atom. The maximum Gasteiger partial charge on any atom is 0.0366 e. The Morgan fingerprint density at radius 1 is 0.870 bits per heavy atom. The minimum Gasteiger partial charge on any atom is -0.372 e. The van der Waals surface area contributed by atoms with Gasteiger partial charge in [-0.25, -0.2) is 0 Å². The predicted octanol–water partition coefficient (Wildman–Crippen LogP) is 4.21. The molecule has 1 fully saturated rings. The SMILES string of the molecule is CN(C)Cc1ccc(N2CCC(Cc3ccccc3)CC2)cc1.